The van der Waals surface area contributed by atoms with Crippen LogP contribution in [0, 0.1) is 5.82 Å². The Hall–Kier alpha value is -1.10. The molecule has 1 aromatic heterocycles. The number of halogens is 2. The lowest BCUT2D eigenvalue weighted by Gasteiger charge is -2.01. The molecule has 0 unspecified atom stereocenters. The van der Waals surface area contributed by atoms with Crippen molar-refractivity contribution < 1.29 is 4.39 Å². The molecule has 19 heavy (non-hydrogen) atoms. The van der Waals surface area contributed by atoms with Gasteiger partial charge in [-0.05, 0) is 29.8 Å². The summed E-state index contributed by atoms with van der Waals surface area (Å²) in [6.45, 7) is 0. The SMILES string of the molecule is Fc1cc(Cl)ccc1CSc1nc2ccccc2s1. The molecule has 0 bridgehead atoms. The van der Waals surface area contributed by atoms with Crippen molar-refractivity contribution in [1.29, 1.82) is 0 Å². The third-order valence-electron chi connectivity index (χ3n) is 2.64. The van der Waals surface area contributed by atoms with Crippen molar-refractivity contribution in [3.63, 3.8) is 0 Å². The molecule has 0 saturated heterocycles. The van der Waals surface area contributed by atoms with Gasteiger partial charge in [-0.1, -0.05) is 41.6 Å². The van der Waals surface area contributed by atoms with E-state index in [2.05, 4.69) is 4.98 Å². The molecule has 0 aliphatic carbocycles. The first-order chi connectivity index (χ1) is 9.22. The van der Waals surface area contributed by atoms with Crippen LogP contribution in [0.4, 0.5) is 4.39 Å². The van der Waals surface area contributed by atoms with E-state index in [0.717, 1.165) is 14.6 Å². The summed E-state index contributed by atoms with van der Waals surface area (Å²) < 4.78 is 15.8. The molecule has 2 aromatic carbocycles. The standard InChI is InChI=1S/C14H9ClFNS2/c15-10-6-5-9(11(16)7-10)8-18-14-17-12-3-1-2-4-13(12)19-14/h1-7H,8H2. The molecule has 0 aliphatic rings. The van der Waals surface area contributed by atoms with Gasteiger partial charge in [-0.25, -0.2) is 9.37 Å². The van der Waals surface area contributed by atoms with Crippen LogP contribution >= 0.6 is 34.7 Å². The summed E-state index contributed by atoms with van der Waals surface area (Å²) in [5.74, 6) is 0.295. The summed E-state index contributed by atoms with van der Waals surface area (Å²) in [6, 6.07) is 12.8. The van der Waals surface area contributed by atoms with E-state index in [-0.39, 0.29) is 5.82 Å². The van der Waals surface area contributed by atoms with E-state index in [1.807, 2.05) is 24.3 Å². The topological polar surface area (TPSA) is 12.9 Å². The van der Waals surface area contributed by atoms with Crippen LogP contribution in [0.2, 0.25) is 5.02 Å². The molecule has 0 aliphatic heterocycles. The summed E-state index contributed by atoms with van der Waals surface area (Å²) in [6.07, 6.45) is 0. The fraction of sp³-hybridized carbons (Fsp3) is 0.0714. The summed E-state index contributed by atoms with van der Waals surface area (Å²) in [5.41, 5.74) is 1.64. The second-order valence-corrected chi connectivity index (χ2v) is 6.66. The third-order valence-corrected chi connectivity index (χ3v) is 5.10. The first-order valence-corrected chi connectivity index (χ1v) is 7.83. The predicted octanol–water partition coefficient (Wildman–Crippen LogP) is 5.38. The van der Waals surface area contributed by atoms with Crippen molar-refractivity contribution in [3.8, 4) is 0 Å². The minimum atomic E-state index is -0.263. The van der Waals surface area contributed by atoms with Gasteiger partial charge in [0.2, 0.25) is 0 Å². The van der Waals surface area contributed by atoms with Crippen LogP contribution in [-0.4, -0.2) is 4.98 Å². The van der Waals surface area contributed by atoms with Gasteiger partial charge in [0.25, 0.3) is 0 Å². The summed E-state index contributed by atoms with van der Waals surface area (Å²) in [5, 5.41) is 0.422. The quantitative estimate of drug-likeness (QED) is 0.602. The maximum atomic E-state index is 13.6. The number of nitrogens with zero attached hydrogens (tertiary/aromatic N) is 1. The van der Waals surface area contributed by atoms with Crippen LogP contribution < -0.4 is 0 Å². The summed E-state index contributed by atoms with van der Waals surface area (Å²) in [4.78, 5) is 4.51. The molecule has 0 saturated carbocycles. The zero-order valence-electron chi connectivity index (χ0n) is 9.77. The highest BCUT2D eigenvalue weighted by molar-refractivity contribution is 8.00. The van der Waals surface area contributed by atoms with Crippen molar-refractivity contribution in [2.24, 2.45) is 0 Å². The Morgan fingerprint density at radius 2 is 2.05 bits per heavy atom. The number of fused-ring (bicyclic) bond motifs is 1. The van der Waals surface area contributed by atoms with Gasteiger partial charge < -0.3 is 0 Å². The maximum Gasteiger partial charge on any atom is 0.151 e. The van der Waals surface area contributed by atoms with Crippen molar-refractivity contribution in [1.82, 2.24) is 4.98 Å². The van der Waals surface area contributed by atoms with Gasteiger partial charge in [0.1, 0.15) is 5.82 Å². The monoisotopic (exact) mass is 309 g/mol. The predicted molar refractivity (Wildman–Crippen MR) is 80.6 cm³/mol. The van der Waals surface area contributed by atoms with Gasteiger partial charge in [-0.15, -0.1) is 11.3 Å². The largest absolute Gasteiger partial charge is 0.230 e. The molecule has 96 valence electrons. The van der Waals surface area contributed by atoms with Crippen LogP contribution in [0.3, 0.4) is 0 Å². The lowest BCUT2D eigenvalue weighted by Crippen LogP contribution is -1.86. The molecule has 0 N–H and O–H groups in total. The second kappa shape index (κ2) is 5.49. The third kappa shape index (κ3) is 2.91. The first kappa shape index (κ1) is 12.9. The van der Waals surface area contributed by atoms with Crippen molar-refractivity contribution in [2.75, 3.05) is 0 Å². The van der Waals surface area contributed by atoms with Gasteiger partial charge in [-0.3, -0.25) is 0 Å². The Morgan fingerprint density at radius 1 is 1.21 bits per heavy atom. The highest BCUT2D eigenvalue weighted by Gasteiger charge is 2.07. The van der Waals surface area contributed by atoms with E-state index in [0.29, 0.717) is 16.3 Å². The zero-order valence-corrected chi connectivity index (χ0v) is 12.2. The fourth-order valence-electron chi connectivity index (χ4n) is 1.69. The highest BCUT2D eigenvalue weighted by atomic mass is 35.5. The number of benzene rings is 2. The average Bonchev–Trinajstić information content (AvgIpc) is 2.80. The van der Waals surface area contributed by atoms with Gasteiger partial charge in [-0.2, -0.15) is 0 Å². The molecule has 3 aromatic rings. The fourth-order valence-corrected chi connectivity index (χ4v) is 3.90. The highest BCUT2D eigenvalue weighted by Crippen LogP contribution is 2.32. The lowest BCUT2D eigenvalue weighted by atomic mass is 10.2. The number of hydrogen-bond donors (Lipinski definition) is 0. The number of hydrogen-bond acceptors (Lipinski definition) is 3. The van der Waals surface area contributed by atoms with Gasteiger partial charge >= 0.3 is 0 Å². The molecular formula is C14H9ClFNS2. The Balaban J connectivity index is 1.78. The van der Waals surface area contributed by atoms with Crippen LogP contribution in [0.5, 0.6) is 0 Å². The van der Waals surface area contributed by atoms with E-state index in [1.165, 1.54) is 6.07 Å². The van der Waals surface area contributed by atoms with Crippen molar-refractivity contribution >= 4 is 44.9 Å². The Kier molecular flexibility index (Phi) is 3.73. The molecule has 5 heteroatoms. The Labute approximate surface area is 123 Å². The number of thioether (sulfide) groups is 1. The molecule has 0 atom stereocenters. The van der Waals surface area contributed by atoms with Crippen LogP contribution in [0.15, 0.2) is 46.8 Å². The van der Waals surface area contributed by atoms with Gasteiger partial charge in [0.15, 0.2) is 4.34 Å². The molecule has 0 amide bonds. The van der Waals surface area contributed by atoms with Crippen molar-refractivity contribution in [3.05, 3.63) is 58.9 Å². The Morgan fingerprint density at radius 3 is 2.84 bits per heavy atom. The number of thiazole rings is 1. The minimum Gasteiger partial charge on any atom is -0.230 e. The number of para-hydroxylation sites is 1. The molecule has 1 heterocycles. The van der Waals surface area contributed by atoms with Crippen LogP contribution in [-0.2, 0) is 5.75 Å². The van der Waals surface area contributed by atoms with E-state index in [1.54, 1.807) is 35.2 Å². The summed E-state index contributed by atoms with van der Waals surface area (Å²) >= 11 is 8.90. The zero-order chi connectivity index (χ0) is 13.2. The van der Waals surface area contributed by atoms with Crippen molar-refractivity contribution in [2.45, 2.75) is 10.1 Å². The van der Waals surface area contributed by atoms with E-state index in [9.17, 15) is 4.39 Å². The molecule has 0 spiro atoms. The summed E-state index contributed by atoms with van der Waals surface area (Å²) in [7, 11) is 0. The molecule has 1 nitrogen and oxygen atoms in total. The first-order valence-electron chi connectivity index (χ1n) is 5.65. The number of rotatable bonds is 3. The Bertz CT molecular complexity index is 693. The second-order valence-electron chi connectivity index (χ2n) is 3.97. The molecule has 3 rings (SSSR count). The molecule has 0 radical (unpaired) electrons. The maximum absolute atomic E-state index is 13.6. The van der Waals surface area contributed by atoms with Gasteiger partial charge in [0.05, 0.1) is 10.2 Å². The molecule has 0 fully saturated rings. The van der Waals surface area contributed by atoms with Crippen LogP contribution in [0.1, 0.15) is 5.56 Å². The lowest BCUT2D eigenvalue weighted by molar-refractivity contribution is 0.617. The normalized spacial score (nSPS) is 11.1. The number of aromatic nitrogens is 1. The molecular weight excluding hydrogens is 301 g/mol. The average molecular weight is 310 g/mol. The minimum absolute atomic E-state index is 0.263. The van der Waals surface area contributed by atoms with Crippen LogP contribution in [0.25, 0.3) is 10.2 Å². The van der Waals surface area contributed by atoms with Gasteiger partial charge in [0, 0.05) is 10.8 Å². The van der Waals surface area contributed by atoms with E-state index < -0.39 is 0 Å². The van der Waals surface area contributed by atoms with E-state index in [4.69, 9.17) is 11.6 Å². The smallest absolute Gasteiger partial charge is 0.151 e. The van der Waals surface area contributed by atoms with E-state index >= 15 is 0 Å².